The van der Waals surface area contributed by atoms with Crippen molar-refractivity contribution in [3.63, 3.8) is 0 Å². The van der Waals surface area contributed by atoms with Gasteiger partial charge in [-0.1, -0.05) is 109 Å². The monoisotopic (exact) mass is 598 g/mol. The van der Waals surface area contributed by atoms with Gasteiger partial charge in [-0.3, -0.25) is 0 Å². The molecule has 0 aliphatic heterocycles. The van der Waals surface area contributed by atoms with E-state index in [1.165, 1.54) is 54.1 Å². The van der Waals surface area contributed by atoms with Crippen LogP contribution in [0.1, 0.15) is 0 Å². The molecular weight excluding hydrogens is 572 g/mol. The Morgan fingerprint density at radius 3 is 1.15 bits per heavy atom. The van der Waals surface area contributed by atoms with E-state index < -0.39 is 0 Å². The van der Waals surface area contributed by atoms with Crippen LogP contribution in [-0.4, -0.2) is 9.13 Å². The summed E-state index contributed by atoms with van der Waals surface area (Å²) < 4.78 is 12.0. The summed E-state index contributed by atoms with van der Waals surface area (Å²) in [6.45, 7) is 0. The third-order valence-electron chi connectivity index (χ3n) is 10.1. The lowest BCUT2D eigenvalue weighted by atomic mass is 9.96. The van der Waals surface area contributed by atoms with Crippen molar-refractivity contribution < 1.29 is 4.42 Å². The van der Waals surface area contributed by atoms with Crippen molar-refractivity contribution in [2.24, 2.45) is 0 Å². The Labute approximate surface area is 269 Å². The molecule has 0 N–H and O–H groups in total. The zero-order valence-corrected chi connectivity index (χ0v) is 25.3. The predicted octanol–water partition coefficient (Wildman–Crippen LogP) is 12.1. The summed E-state index contributed by atoms with van der Waals surface area (Å²) in [5, 5.41) is 12.1. The second kappa shape index (κ2) is 9.12. The van der Waals surface area contributed by atoms with Crippen LogP contribution >= 0.6 is 0 Å². The summed E-state index contributed by atoms with van der Waals surface area (Å²) in [6, 6.07) is 56.8. The Bertz CT molecular complexity index is 2840. The molecule has 11 rings (SSSR count). The van der Waals surface area contributed by atoms with Crippen molar-refractivity contribution >= 4 is 87.1 Å². The molecule has 0 atom stereocenters. The molecule has 0 saturated carbocycles. The lowest BCUT2D eigenvalue weighted by molar-refractivity contribution is 0.665. The SMILES string of the molecule is c1ccc(-n2c3ccccc3c3c4cccc5c6cccc7c6c(cc6c7c7ccccc7n6-c6ccccc6)oc(cc32)c54)cc1. The molecule has 8 aromatic carbocycles. The Morgan fingerprint density at radius 1 is 0.298 bits per heavy atom. The Hall–Kier alpha value is -6.32. The maximum Gasteiger partial charge on any atom is 0.138 e. The fourth-order valence-electron chi connectivity index (χ4n) is 8.24. The van der Waals surface area contributed by atoms with Gasteiger partial charge in [-0.05, 0) is 57.9 Å². The Kier molecular flexibility index (Phi) is 4.84. The highest BCUT2D eigenvalue weighted by Gasteiger charge is 2.22. The van der Waals surface area contributed by atoms with Crippen LogP contribution in [0.3, 0.4) is 0 Å². The number of hydrogen-bond acceptors (Lipinski definition) is 1. The first-order valence-electron chi connectivity index (χ1n) is 16.1. The van der Waals surface area contributed by atoms with Crippen molar-refractivity contribution in [1.82, 2.24) is 9.13 Å². The molecule has 0 unspecified atom stereocenters. The number of rotatable bonds is 2. The summed E-state index contributed by atoms with van der Waals surface area (Å²) in [5.41, 5.74) is 8.67. The summed E-state index contributed by atoms with van der Waals surface area (Å²) in [7, 11) is 0. The van der Waals surface area contributed by atoms with Crippen LogP contribution in [0.25, 0.3) is 98.5 Å². The number of benzene rings is 8. The largest absolute Gasteiger partial charge is 0.456 e. The molecule has 0 bridgehead atoms. The van der Waals surface area contributed by atoms with Gasteiger partial charge in [-0.15, -0.1) is 0 Å². The first kappa shape index (κ1) is 24.9. The maximum absolute atomic E-state index is 7.21. The fraction of sp³-hybridized carbons (Fsp3) is 0. The average molecular weight is 599 g/mol. The van der Waals surface area contributed by atoms with Crippen LogP contribution in [0.2, 0.25) is 0 Å². The molecule has 0 amide bonds. The van der Waals surface area contributed by atoms with Crippen molar-refractivity contribution in [3.8, 4) is 11.4 Å². The molecule has 3 heteroatoms. The fourth-order valence-corrected chi connectivity index (χ4v) is 8.24. The van der Waals surface area contributed by atoms with Crippen molar-refractivity contribution in [1.29, 1.82) is 0 Å². The van der Waals surface area contributed by atoms with Crippen molar-refractivity contribution in [2.75, 3.05) is 0 Å². The molecule has 3 heterocycles. The first-order chi connectivity index (χ1) is 23.3. The minimum atomic E-state index is 0.877. The molecule has 3 nitrogen and oxygen atoms in total. The molecule has 0 aliphatic carbocycles. The summed E-state index contributed by atoms with van der Waals surface area (Å²) in [6.07, 6.45) is 0. The van der Waals surface area contributed by atoms with E-state index in [4.69, 9.17) is 4.42 Å². The molecule has 11 aromatic rings. The van der Waals surface area contributed by atoms with Gasteiger partial charge in [-0.2, -0.15) is 0 Å². The van der Waals surface area contributed by atoms with Gasteiger partial charge in [-0.25, -0.2) is 0 Å². The van der Waals surface area contributed by atoms with E-state index in [1.54, 1.807) is 0 Å². The highest BCUT2D eigenvalue weighted by Crippen LogP contribution is 2.46. The van der Waals surface area contributed by atoms with Gasteiger partial charge in [0.15, 0.2) is 0 Å². The topological polar surface area (TPSA) is 23.0 Å². The van der Waals surface area contributed by atoms with Gasteiger partial charge < -0.3 is 13.6 Å². The number of hydrogen-bond donors (Lipinski definition) is 0. The molecule has 3 aromatic heterocycles. The van der Waals surface area contributed by atoms with Gasteiger partial charge in [0.05, 0.1) is 22.1 Å². The quantitative estimate of drug-likeness (QED) is 0.194. The Morgan fingerprint density at radius 2 is 0.681 bits per heavy atom. The van der Waals surface area contributed by atoms with Crippen LogP contribution < -0.4 is 0 Å². The number of nitrogens with zero attached hydrogens (tertiary/aromatic N) is 2. The predicted molar refractivity (Wildman–Crippen MR) is 197 cm³/mol. The van der Waals surface area contributed by atoms with Crippen molar-refractivity contribution in [2.45, 2.75) is 0 Å². The Balaban J connectivity index is 1.40. The smallest absolute Gasteiger partial charge is 0.138 e. The first-order valence-corrected chi connectivity index (χ1v) is 16.1. The summed E-state index contributed by atoms with van der Waals surface area (Å²) in [4.78, 5) is 0. The van der Waals surface area contributed by atoms with E-state index in [9.17, 15) is 0 Å². The third-order valence-corrected chi connectivity index (χ3v) is 10.1. The van der Waals surface area contributed by atoms with Gasteiger partial charge >= 0.3 is 0 Å². The van der Waals surface area contributed by atoms with E-state index >= 15 is 0 Å². The van der Waals surface area contributed by atoms with Gasteiger partial charge in [0.1, 0.15) is 11.2 Å². The zero-order chi connectivity index (χ0) is 30.6. The maximum atomic E-state index is 7.21. The van der Waals surface area contributed by atoms with E-state index in [2.05, 4.69) is 167 Å². The lowest BCUT2D eigenvalue weighted by Gasteiger charge is -2.09. The van der Waals surface area contributed by atoms with Crippen LogP contribution in [0.4, 0.5) is 0 Å². The van der Waals surface area contributed by atoms with Gasteiger partial charge in [0, 0.05) is 55.8 Å². The molecule has 218 valence electrons. The van der Waals surface area contributed by atoms with Crippen LogP contribution in [0.15, 0.2) is 162 Å². The average Bonchev–Trinajstić information content (AvgIpc) is 3.60. The van der Waals surface area contributed by atoms with Gasteiger partial charge in [0.25, 0.3) is 0 Å². The van der Waals surface area contributed by atoms with Gasteiger partial charge in [0.2, 0.25) is 0 Å². The minimum Gasteiger partial charge on any atom is -0.456 e. The molecule has 0 fully saturated rings. The third kappa shape index (κ3) is 3.25. The number of para-hydroxylation sites is 4. The van der Waals surface area contributed by atoms with E-state index in [0.717, 1.165) is 44.3 Å². The molecule has 0 spiro atoms. The highest BCUT2D eigenvalue weighted by atomic mass is 16.3. The number of aromatic nitrogens is 2. The second-order valence-corrected chi connectivity index (χ2v) is 12.5. The lowest BCUT2D eigenvalue weighted by Crippen LogP contribution is -1.93. The minimum absolute atomic E-state index is 0.877. The highest BCUT2D eigenvalue weighted by molar-refractivity contribution is 6.34. The van der Waals surface area contributed by atoms with Crippen LogP contribution in [0.5, 0.6) is 0 Å². The second-order valence-electron chi connectivity index (χ2n) is 12.5. The molecule has 0 radical (unpaired) electrons. The molecule has 0 saturated heterocycles. The molecular formula is C44H26N2O. The van der Waals surface area contributed by atoms with E-state index in [-0.39, 0.29) is 0 Å². The molecule has 0 aliphatic rings. The van der Waals surface area contributed by atoms with Crippen LogP contribution in [-0.2, 0) is 0 Å². The number of fused-ring (bicyclic) bond motifs is 9. The van der Waals surface area contributed by atoms with E-state index in [0.29, 0.717) is 0 Å². The van der Waals surface area contributed by atoms with Crippen molar-refractivity contribution in [3.05, 3.63) is 158 Å². The standard InChI is InChI=1S/C44H26N2O/c1-3-13-27(14-4-1)45-35-23-9-7-17-31(35)41-33-21-11-19-29-30-20-12-22-34-42-32-18-8-10-24-36(32)46(28-15-5-2-6-16-28)38(42)26-40(44(30)34)47-39(43(29)33)25-37(41)45/h1-26H. The summed E-state index contributed by atoms with van der Waals surface area (Å²) in [5.74, 6) is 0. The normalized spacial score (nSPS) is 12.3. The zero-order valence-electron chi connectivity index (χ0n) is 25.3. The molecule has 47 heavy (non-hydrogen) atoms. The summed E-state index contributed by atoms with van der Waals surface area (Å²) >= 11 is 0. The van der Waals surface area contributed by atoms with E-state index in [1.807, 2.05) is 0 Å². The van der Waals surface area contributed by atoms with Crippen LogP contribution in [0, 0.1) is 0 Å².